The Morgan fingerprint density at radius 2 is 2.00 bits per heavy atom. The van der Waals surface area contributed by atoms with Crippen molar-refractivity contribution in [3.05, 3.63) is 28.6 Å². The fourth-order valence-corrected chi connectivity index (χ4v) is 1.17. The third kappa shape index (κ3) is 2.55. The summed E-state index contributed by atoms with van der Waals surface area (Å²) in [6.07, 6.45) is -8.41. The number of nitriles is 1. The Balaban J connectivity index is 3.61. The van der Waals surface area contributed by atoms with E-state index < -0.39 is 35.1 Å². The second kappa shape index (κ2) is 4.45. The molecule has 0 atom stereocenters. The van der Waals surface area contributed by atoms with Crippen molar-refractivity contribution in [2.45, 2.75) is 12.6 Å². The van der Waals surface area contributed by atoms with Crippen LogP contribution in [0, 0.1) is 11.3 Å². The molecule has 0 aliphatic rings. The number of halogens is 5. The van der Waals surface area contributed by atoms with Crippen LogP contribution in [0.2, 0.25) is 0 Å². The summed E-state index contributed by atoms with van der Waals surface area (Å²) < 4.78 is 62.0. The molecule has 0 saturated heterocycles. The van der Waals surface area contributed by atoms with Gasteiger partial charge in [-0.3, -0.25) is 4.79 Å². The van der Waals surface area contributed by atoms with Crippen LogP contribution in [0.1, 0.15) is 33.7 Å². The summed E-state index contributed by atoms with van der Waals surface area (Å²) in [5.74, 6) is 0. The van der Waals surface area contributed by atoms with Crippen LogP contribution >= 0.6 is 0 Å². The van der Waals surface area contributed by atoms with E-state index in [0.29, 0.717) is 6.07 Å². The van der Waals surface area contributed by atoms with Gasteiger partial charge in [0, 0.05) is 5.56 Å². The van der Waals surface area contributed by atoms with E-state index in [0.717, 1.165) is 6.07 Å². The van der Waals surface area contributed by atoms with Gasteiger partial charge in [-0.15, -0.1) is 0 Å². The van der Waals surface area contributed by atoms with Crippen LogP contribution in [0.15, 0.2) is 6.07 Å². The normalized spacial score (nSPS) is 11.4. The van der Waals surface area contributed by atoms with E-state index in [4.69, 9.17) is 5.26 Å². The number of aromatic nitrogens is 1. The molecule has 0 aliphatic carbocycles. The van der Waals surface area contributed by atoms with Gasteiger partial charge >= 0.3 is 6.18 Å². The van der Waals surface area contributed by atoms with Crippen LogP contribution in [0.3, 0.4) is 0 Å². The van der Waals surface area contributed by atoms with Crippen molar-refractivity contribution in [2.75, 3.05) is 0 Å². The molecular weight excluding hydrogens is 247 g/mol. The lowest BCUT2D eigenvalue weighted by atomic mass is 10.1. The smallest absolute Gasteiger partial charge is 0.298 e. The molecule has 0 aromatic carbocycles. The maximum Gasteiger partial charge on any atom is 0.419 e. The molecule has 0 fully saturated rings. The summed E-state index contributed by atoms with van der Waals surface area (Å²) >= 11 is 0. The summed E-state index contributed by atoms with van der Waals surface area (Å²) in [5.41, 5.74) is -4.91. The second-order valence-electron chi connectivity index (χ2n) is 2.89. The lowest BCUT2D eigenvalue weighted by molar-refractivity contribution is -0.138. The van der Waals surface area contributed by atoms with Gasteiger partial charge in [-0.25, -0.2) is 13.8 Å². The number of carbonyl (C=O) groups excluding carboxylic acids is 1. The molecule has 0 aliphatic heterocycles. The largest absolute Gasteiger partial charge is 0.419 e. The number of hydrogen-bond donors (Lipinski definition) is 0. The topological polar surface area (TPSA) is 53.8 Å². The van der Waals surface area contributed by atoms with Crippen LogP contribution in [-0.2, 0) is 6.18 Å². The average Bonchev–Trinajstić information content (AvgIpc) is 2.25. The van der Waals surface area contributed by atoms with E-state index in [-0.39, 0.29) is 6.29 Å². The van der Waals surface area contributed by atoms with Crippen LogP contribution in [0.25, 0.3) is 0 Å². The number of carbonyl (C=O) groups is 1. The SMILES string of the molecule is N#Cc1nc(C(F)F)cc(C=O)c1C(F)(F)F. The Morgan fingerprint density at radius 1 is 1.41 bits per heavy atom. The minimum Gasteiger partial charge on any atom is -0.298 e. The Hall–Kier alpha value is -2.04. The van der Waals surface area contributed by atoms with E-state index in [1.807, 2.05) is 0 Å². The van der Waals surface area contributed by atoms with Crippen molar-refractivity contribution in [2.24, 2.45) is 0 Å². The van der Waals surface area contributed by atoms with Gasteiger partial charge in [0.2, 0.25) is 0 Å². The van der Waals surface area contributed by atoms with Crippen molar-refractivity contribution in [3.63, 3.8) is 0 Å². The van der Waals surface area contributed by atoms with Gasteiger partial charge in [0.05, 0.1) is 0 Å². The Labute approximate surface area is 91.5 Å². The molecule has 0 radical (unpaired) electrons. The van der Waals surface area contributed by atoms with Gasteiger partial charge in [0.1, 0.15) is 17.3 Å². The lowest BCUT2D eigenvalue weighted by Gasteiger charge is -2.11. The number of pyridine rings is 1. The first kappa shape index (κ1) is 13.0. The zero-order chi connectivity index (χ0) is 13.2. The van der Waals surface area contributed by atoms with Crippen molar-refractivity contribution >= 4 is 6.29 Å². The molecule has 1 heterocycles. The van der Waals surface area contributed by atoms with Gasteiger partial charge in [0.25, 0.3) is 6.43 Å². The number of nitrogens with zero attached hydrogens (tertiary/aromatic N) is 2. The molecule has 8 heteroatoms. The van der Waals surface area contributed by atoms with E-state index in [1.54, 1.807) is 0 Å². The zero-order valence-corrected chi connectivity index (χ0v) is 7.92. The summed E-state index contributed by atoms with van der Waals surface area (Å²) in [6, 6.07) is 1.37. The quantitative estimate of drug-likeness (QED) is 0.599. The summed E-state index contributed by atoms with van der Waals surface area (Å²) in [4.78, 5) is 13.3. The number of alkyl halides is 5. The average molecular weight is 250 g/mol. The van der Waals surface area contributed by atoms with E-state index in [9.17, 15) is 26.7 Å². The first-order valence-electron chi connectivity index (χ1n) is 4.06. The first-order valence-corrected chi connectivity index (χ1v) is 4.06. The molecule has 0 spiro atoms. The minimum absolute atomic E-state index is 0.239. The Morgan fingerprint density at radius 3 is 2.35 bits per heavy atom. The van der Waals surface area contributed by atoms with Crippen molar-refractivity contribution in [1.29, 1.82) is 5.26 Å². The Bertz CT molecular complexity index is 489. The molecule has 0 N–H and O–H groups in total. The van der Waals surface area contributed by atoms with Crippen molar-refractivity contribution < 1.29 is 26.7 Å². The maximum atomic E-state index is 12.5. The molecule has 17 heavy (non-hydrogen) atoms. The van der Waals surface area contributed by atoms with Gasteiger partial charge in [-0.2, -0.15) is 18.4 Å². The minimum atomic E-state index is -5.01. The van der Waals surface area contributed by atoms with Crippen LogP contribution in [0.4, 0.5) is 22.0 Å². The monoisotopic (exact) mass is 250 g/mol. The van der Waals surface area contributed by atoms with Crippen molar-refractivity contribution in [1.82, 2.24) is 4.98 Å². The third-order valence-electron chi connectivity index (χ3n) is 1.81. The molecule has 1 aromatic heterocycles. The van der Waals surface area contributed by atoms with Crippen molar-refractivity contribution in [3.8, 4) is 6.07 Å². The molecule has 1 aromatic rings. The number of hydrogen-bond acceptors (Lipinski definition) is 3. The standard InChI is InChI=1S/C9H3F5N2O/c10-8(11)5-1-4(3-17)7(9(12,13)14)6(2-15)16-5/h1,3,8H. The highest BCUT2D eigenvalue weighted by Gasteiger charge is 2.38. The fraction of sp³-hybridized carbons (Fsp3) is 0.222. The molecule has 0 bridgehead atoms. The highest BCUT2D eigenvalue weighted by molar-refractivity contribution is 5.79. The van der Waals surface area contributed by atoms with E-state index in [2.05, 4.69) is 4.98 Å². The van der Waals surface area contributed by atoms with Crippen LogP contribution in [-0.4, -0.2) is 11.3 Å². The van der Waals surface area contributed by atoms with E-state index >= 15 is 0 Å². The molecular formula is C9H3F5N2O. The maximum absolute atomic E-state index is 12.5. The van der Waals surface area contributed by atoms with Gasteiger partial charge in [0.15, 0.2) is 12.0 Å². The van der Waals surface area contributed by atoms with E-state index in [1.165, 1.54) is 0 Å². The highest BCUT2D eigenvalue weighted by Crippen LogP contribution is 2.34. The van der Waals surface area contributed by atoms with Gasteiger partial charge in [-0.05, 0) is 6.07 Å². The third-order valence-corrected chi connectivity index (χ3v) is 1.81. The first-order chi connectivity index (χ1) is 7.81. The number of rotatable bonds is 2. The predicted octanol–water partition coefficient (Wildman–Crippen LogP) is 2.72. The molecule has 3 nitrogen and oxygen atoms in total. The second-order valence-corrected chi connectivity index (χ2v) is 2.89. The number of aldehydes is 1. The zero-order valence-electron chi connectivity index (χ0n) is 7.92. The summed E-state index contributed by atoms with van der Waals surface area (Å²) in [5, 5.41) is 8.43. The van der Waals surface area contributed by atoms with Gasteiger partial charge < -0.3 is 0 Å². The molecule has 0 unspecified atom stereocenters. The van der Waals surface area contributed by atoms with Crippen LogP contribution < -0.4 is 0 Å². The lowest BCUT2D eigenvalue weighted by Crippen LogP contribution is -2.14. The molecule has 0 amide bonds. The summed E-state index contributed by atoms with van der Waals surface area (Å²) in [6.45, 7) is 0. The molecule has 0 saturated carbocycles. The molecule has 1 rings (SSSR count). The van der Waals surface area contributed by atoms with Gasteiger partial charge in [-0.1, -0.05) is 0 Å². The Kier molecular flexibility index (Phi) is 3.41. The highest BCUT2D eigenvalue weighted by atomic mass is 19.4. The summed E-state index contributed by atoms with van der Waals surface area (Å²) in [7, 11) is 0. The molecule has 90 valence electrons. The predicted molar refractivity (Wildman–Crippen MR) is 44.3 cm³/mol. The fourth-order valence-electron chi connectivity index (χ4n) is 1.17. The van der Waals surface area contributed by atoms with Crippen LogP contribution in [0.5, 0.6) is 0 Å².